The molecule has 6 aliphatic heterocycles. The van der Waals surface area contributed by atoms with Crippen LogP contribution in [0.3, 0.4) is 0 Å². The minimum atomic E-state index is -4.66. The van der Waals surface area contributed by atoms with Gasteiger partial charge in [-0.3, -0.25) is 24.7 Å². The van der Waals surface area contributed by atoms with Crippen LogP contribution in [0.4, 0.5) is 34.3 Å². The van der Waals surface area contributed by atoms with Crippen molar-refractivity contribution in [2.45, 2.75) is 132 Å². The zero-order valence-electron chi connectivity index (χ0n) is 51.0. The van der Waals surface area contributed by atoms with E-state index in [9.17, 15) is 28.4 Å². The molecule has 2 aliphatic carbocycles. The maximum absolute atomic E-state index is 14.9. The zero-order valence-corrected chi connectivity index (χ0v) is 51.8. The Labute approximate surface area is 519 Å². The third-order valence-electron chi connectivity index (χ3n) is 20.3. The molecule has 9 heterocycles. The predicted molar refractivity (Wildman–Crippen MR) is 337 cm³/mol. The highest BCUT2D eigenvalue weighted by Crippen LogP contribution is 2.55. The number of aliphatic hydroxyl groups is 1. The molecule has 14 rings (SSSR count). The van der Waals surface area contributed by atoms with E-state index in [-0.39, 0.29) is 53.4 Å². The van der Waals surface area contributed by atoms with E-state index in [1.807, 2.05) is 37.4 Å². The van der Waals surface area contributed by atoms with E-state index in [2.05, 4.69) is 89.8 Å². The number of para-hydroxylation sites is 1. The second-order valence-electron chi connectivity index (χ2n) is 26.4. The number of morpholine rings is 1. The van der Waals surface area contributed by atoms with Crippen molar-refractivity contribution in [2.24, 2.45) is 11.3 Å². The van der Waals surface area contributed by atoms with Crippen molar-refractivity contribution in [2.75, 3.05) is 105 Å². The van der Waals surface area contributed by atoms with Crippen LogP contribution in [0.1, 0.15) is 119 Å². The highest BCUT2D eigenvalue weighted by molar-refractivity contribution is 7.90. The Morgan fingerprint density at radius 1 is 0.831 bits per heavy atom. The molecule has 0 unspecified atom stereocenters. The predicted octanol–water partition coefficient (Wildman–Crippen LogP) is 9.28. The lowest BCUT2D eigenvalue weighted by atomic mass is 9.59. The molecule has 6 aromatic rings. The summed E-state index contributed by atoms with van der Waals surface area (Å²) in [5, 5.41) is 26.9. The maximum Gasteiger partial charge on any atom is 0.293 e. The number of hydrogen-bond acceptors (Lipinski definition) is 19. The van der Waals surface area contributed by atoms with Gasteiger partial charge in [0.2, 0.25) is 11.8 Å². The number of carbonyl (C=O) groups excluding carboxylic acids is 1. The van der Waals surface area contributed by atoms with Crippen LogP contribution < -0.4 is 38.9 Å². The molecular formula is C66H81N11O11S. The molecule has 2 saturated carbocycles. The summed E-state index contributed by atoms with van der Waals surface area (Å²) in [6.45, 7) is 15.1. The van der Waals surface area contributed by atoms with E-state index in [1.54, 1.807) is 6.07 Å². The fraction of sp³-hybridized carbons (Fsp3) is 0.530. The minimum Gasteiger partial charge on any atom is -0.491 e. The van der Waals surface area contributed by atoms with Gasteiger partial charge in [0.05, 0.1) is 71.3 Å². The summed E-state index contributed by atoms with van der Waals surface area (Å²) in [7, 11) is -4.66. The number of piperazine rings is 1. The Bertz CT molecular complexity index is 3720. The molecule has 3 aromatic heterocycles. The summed E-state index contributed by atoms with van der Waals surface area (Å²) in [4.78, 5) is 51.7. The lowest BCUT2D eigenvalue weighted by molar-refractivity contribution is -0.384. The van der Waals surface area contributed by atoms with Crippen LogP contribution in [0.2, 0.25) is 0 Å². The number of nitro benzene ring substituents is 1. The Morgan fingerprint density at radius 2 is 1.64 bits per heavy atom. The molecule has 472 valence electrons. The Kier molecular flexibility index (Phi) is 16.1. The smallest absolute Gasteiger partial charge is 0.293 e. The van der Waals surface area contributed by atoms with Gasteiger partial charge >= 0.3 is 0 Å². The Hall–Kier alpha value is -7.28. The molecule has 22 nitrogen and oxygen atoms in total. The summed E-state index contributed by atoms with van der Waals surface area (Å²) in [5.41, 5.74) is 4.30. The van der Waals surface area contributed by atoms with Crippen LogP contribution in [0.25, 0.3) is 11.0 Å². The number of fused-ring (bicyclic) bond motifs is 4. The normalized spacial score (nSPS) is 25.7. The molecule has 4 saturated heterocycles. The van der Waals surface area contributed by atoms with Crippen LogP contribution in [-0.2, 0) is 19.5 Å². The summed E-state index contributed by atoms with van der Waals surface area (Å²) < 4.78 is 62.0. The van der Waals surface area contributed by atoms with Gasteiger partial charge in [-0.05, 0) is 151 Å². The third kappa shape index (κ3) is 11.9. The molecule has 23 heteroatoms. The van der Waals surface area contributed by atoms with Crippen molar-refractivity contribution < 1.29 is 46.9 Å². The first-order valence-corrected chi connectivity index (χ1v) is 33.5. The number of amides is 1. The van der Waals surface area contributed by atoms with Crippen molar-refractivity contribution in [3.8, 4) is 17.5 Å². The van der Waals surface area contributed by atoms with Crippen molar-refractivity contribution >= 4 is 61.2 Å². The molecule has 8 aliphatic rings. The second kappa shape index (κ2) is 24.2. The summed E-state index contributed by atoms with van der Waals surface area (Å²) in [6, 6.07) is 26.5. The lowest BCUT2D eigenvalue weighted by Crippen LogP contribution is -2.60. The van der Waals surface area contributed by atoms with E-state index in [1.165, 1.54) is 17.7 Å². The van der Waals surface area contributed by atoms with Crippen molar-refractivity contribution in [3.05, 3.63) is 118 Å². The van der Waals surface area contributed by atoms with Gasteiger partial charge in [0.25, 0.3) is 21.6 Å². The van der Waals surface area contributed by atoms with Gasteiger partial charge < -0.3 is 53.8 Å². The first kappa shape index (κ1) is 59.3. The van der Waals surface area contributed by atoms with Crippen LogP contribution in [0.15, 0.2) is 96.0 Å². The van der Waals surface area contributed by atoms with Gasteiger partial charge in [0.15, 0.2) is 0 Å². The molecule has 0 bridgehead atoms. The zero-order chi connectivity index (χ0) is 61.2. The van der Waals surface area contributed by atoms with Crippen LogP contribution in [0, 0.1) is 21.4 Å². The monoisotopic (exact) mass is 1240 g/mol. The molecule has 4 atom stereocenters. The molecule has 1 amide bonds. The van der Waals surface area contributed by atoms with Gasteiger partial charge in [0.1, 0.15) is 34.7 Å². The molecule has 3 aromatic carbocycles. The number of nitro groups is 1. The topological polar surface area (TPSA) is 243 Å². The van der Waals surface area contributed by atoms with Crippen LogP contribution in [-0.4, -0.2) is 164 Å². The number of nitrogens with zero attached hydrogens (tertiary/aromatic N) is 8. The Morgan fingerprint density at radius 3 is 2.44 bits per heavy atom. The van der Waals surface area contributed by atoms with Crippen molar-refractivity contribution in [1.82, 2.24) is 29.5 Å². The number of nitrogens with one attached hydrogen (secondary N) is 3. The molecular weight excluding hydrogens is 1150 g/mol. The number of sulfonamides is 1. The Balaban J connectivity index is 0.715. The molecule has 89 heavy (non-hydrogen) atoms. The first-order valence-electron chi connectivity index (χ1n) is 32.0. The number of ether oxygens (including phenoxy) is 5. The number of aromatic nitrogens is 3. The van der Waals surface area contributed by atoms with E-state index in [4.69, 9.17) is 33.7 Å². The fourth-order valence-electron chi connectivity index (χ4n) is 15.4. The number of benzene rings is 3. The van der Waals surface area contributed by atoms with Gasteiger partial charge in [-0.25, -0.2) is 13.1 Å². The standard InChI is InChI=1S/C66H81N11O11S/c1-42(2)87-58-7-5-4-6-48(58)57-40-74(52-18-31-86-63-50(52)11-13-60(69-63)73-28-32-84-33-29-73)26-27-75(57)46-37-66(38-46)21-24-72(25-22-66)45-8-10-49(54(35-45)76-53-17-30-85-41-59(53)88-64-56(76)34-44-16-23-67-61(44)70-64)62(78)71-89(82,83)47-9-12-51(55(36-47)77(80)81)68-39-43-14-19-65(3,79)20-15-43/h4-13,16,23,34-36,42-43,46,52-53,57,59,68,79H,14-15,17-22,24-33,37-41H2,1-3H3,(H,67,70)(H,71,78)/t43-,52-,53+,57-,59+,65-/m1/s1. The fourth-order valence-corrected chi connectivity index (χ4v) is 16.4. The minimum absolute atomic E-state index is 0.0240. The number of H-pyrrole nitrogens is 1. The van der Waals surface area contributed by atoms with Crippen molar-refractivity contribution in [3.63, 3.8) is 0 Å². The first-order chi connectivity index (χ1) is 43.0. The number of pyridine rings is 2. The average Bonchev–Trinajstić information content (AvgIpc) is 1.47. The highest BCUT2D eigenvalue weighted by atomic mass is 32.2. The van der Waals surface area contributed by atoms with Gasteiger partial charge in [-0.1, -0.05) is 18.2 Å². The largest absolute Gasteiger partial charge is 0.491 e. The van der Waals surface area contributed by atoms with E-state index >= 15 is 0 Å². The maximum atomic E-state index is 14.9. The van der Waals surface area contributed by atoms with Crippen LogP contribution >= 0.6 is 0 Å². The number of carbonyl (C=O) groups is 1. The van der Waals surface area contributed by atoms with Gasteiger partial charge in [-0.2, -0.15) is 9.97 Å². The van der Waals surface area contributed by atoms with E-state index in [0.717, 1.165) is 131 Å². The second-order valence-corrected chi connectivity index (χ2v) is 28.1. The van der Waals surface area contributed by atoms with Gasteiger partial charge in [0, 0.05) is 112 Å². The van der Waals surface area contributed by atoms with E-state index in [0.29, 0.717) is 81.2 Å². The number of hydrogen-bond donors (Lipinski definition) is 4. The molecule has 1 spiro atoms. The summed E-state index contributed by atoms with van der Waals surface area (Å²) in [6.07, 6.45) is 9.73. The van der Waals surface area contributed by atoms with E-state index < -0.39 is 43.1 Å². The number of piperidine rings is 1. The number of aromatic amines is 1. The SMILES string of the molecule is CC(C)Oc1ccccc1[C@H]1CN([C@@H]2CCOc3nc(N4CCOCC4)ccc32)CCN1C1CC2(CCN(c3ccc(C(=O)NS(=O)(=O)c4ccc(NC[C@H]5CC[C@](C)(O)CC5)c([N+](=O)[O-])c4)c(N4c5cc6cc[nH]c6nc5O[C@H]5COCC[C@@H]54)c3)CC2)C1. The molecule has 0 radical (unpaired) electrons. The quantitative estimate of drug-likeness (QED) is 0.0553. The third-order valence-corrected chi connectivity index (χ3v) is 21.6. The van der Waals surface area contributed by atoms with Crippen LogP contribution in [0.5, 0.6) is 17.5 Å². The average molecular weight is 1240 g/mol. The number of rotatable bonds is 15. The molecule has 6 fully saturated rings. The van der Waals surface area contributed by atoms with Gasteiger partial charge in [-0.15, -0.1) is 0 Å². The van der Waals surface area contributed by atoms with Crippen molar-refractivity contribution in [1.29, 1.82) is 0 Å². The molecule has 4 N–H and O–H groups in total. The summed E-state index contributed by atoms with van der Waals surface area (Å²) >= 11 is 0. The highest BCUT2D eigenvalue weighted by Gasteiger charge is 2.51. The summed E-state index contributed by atoms with van der Waals surface area (Å²) in [5.74, 6) is 2.27. The lowest BCUT2D eigenvalue weighted by Gasteiger charge is -2.58. The number of anilines is 5.